The van der Waals surface area contributed by atoms with Crippen molar-refractivity contribution in [3.8, 4) is 11.5 Å². The Bertz CT molecular complexity index is 599. The summed E-state index contributed by atoms with van der Waals surface area (Å²) in [6, 6.07) is 10.3. The third kappa shape index (κ3) is 3.01. The molecule has 0 bridgehead atoms. The van der Waals surface area contributed by atoms with Crippen molar-refractivity contribution in [2.24, 2.45) is 0 Å². The van der Waals surface area contributed by atoms with Crippen molar-refractivity contribution in [3.05, 3.63) is 52.0 Å². The lowest BCUT2D eigenvalue weighted by atomic mass is 10.1. The van der Waals surface area contributed by atoms with E-state index in [0.717, 1.165) is 15.7 Å². The quantitative estimate of drug-likeness (QED) is 0.737. The largest absolute Gasteiger partial charge is 0.508 e. The number of hydrogen-bond donors (Lipinski definition) is 3. The number of phenolic OH excluding ortho intramolecular Hbond substituents is 2. The van der Waals surface area contributed by atoms with Gasteiger partial charge in [0.2, 0.25) is 0 Å². The lowest BCUT2D eigenvalue weighted by molar-refractivity contribution is 0.451. The number of aromatic hydroxyl groups is 2. The van der Waals surface area contributed by atoms with Crippen LogP contribution in [-0.4, -0.2) is 10.2 Å². The van der Waals surface area contributed by atoms with Gasteiger partial charge in [0.15, 0.2) is 0 Å². The van der Waals surface area contributed by atoms with Gasteiger partial charge in [0.25, 0.3) is 0 Å². The van der Waals surface area contributed by atoms with E-state index in [1.54, 1.807) is 6.07 Å². The first-order valence-corrected chi connectivity index (χ1v) is 6.82. The summed E-state index contributed by atoms with van der Waals surface area (Å²) in [7, 11) is 0. The summed E-state index contributed by atoms with van der Waals surface area (Å²) in [4.78, 5) is 0. The zero-order valence-corrected chi connectivity index (χ0v) is 12.4. The van der Waals surface area contributed by atoms with Crippen LogP contribution in [0.4, 0.5) is 5.69 Å². The lowest BCUT2D eigenvalue weighted by Gasteiger charge is -2.19. The highest BCUT2D eigenvalue weighted by atomic mass is 79.9. The average molecular weight is 322 g/mol. The van der Waals surface area contributed by atoms with Crippen molar-refractivity contribution >= 4 is 21.6 Å². The minimum atomic E-state index is -0.111. The Morgan fingerprint density at radius 1 is 1.16 bits per heavy atom. The van der Waals surface area contributed by atoms with Crippen LogP contribution >= 0.6 is 15.9 Å². The maximum Gasteiger partial charge on any atom is 0.121 e. The molecule has 0 radical (unpaired) electrons. The Balaban J connectivity index is 2.28. The van der Waals surface area contributed by atoms with Crippen LogP contribution in [0.1, 0.15) is 24.1 Å². The van der Waals surface area contributed by atoms with Gasteiger partial charge in [0.05, 0.1) is 6.04 Å². The minimum Gasteiger partial charge on any atom is -0.508 e. The second kappa shape index (κ2) is 5.53. The number of rotatable bonds is 3. The summed E-state index contributed by atoms with van der Waals surface area (Å²) in [5, 5.41) is 22.7. The van der Waals surface area contributed by atoms with Gasteiger partial charge in [-0.25, -0.2) is 0 Å². The molecule has 1 unspecified atom stereocenters. The summed E-state index contributed by atoms with van der Waals surface area (Å²) < 4.78 is 1.03. The number of anilines is 1. The summed E-state index contributed by atoms with van der Waals surface area (Å²) in [6.45, 7) is 3.95. The Kier molecular flexibility index (Phi) is 4.00. The van der Waals surface area contributed by atoms with Crippen LogP contribution in [0.3, 0.4) is 0 Å². The van der Waals surface area contributed by atoms with Crippen molar-refractivity contribution in [2.45, 2.75) is 19.9 Å². The van der Waals surface area contributed by atoms with Crippen molar-refractivity contribution in [1.29, 1.82) is 0 Å². The van der Waals surface area contributed by atoms with Crippen LogP contribution in [0, 0.1) is 6.92 Å². The van der Waals surface area contributed by atoms with Crippen LogP contribution in [0.25, 0.3) is 0 Å². The zero-order chi connectivity index (χ0) is 14.0. The maximum absolute atomic E-state index is 9.85. The van der Waals surface area contributed by atoms with E-state index in [1.807, 2.05) is 32.0 Å². The fourth-order valence-corrected chi connectivity index (χ4v) is 2.33. The standard InChI is InChI=1S/C15H16BrNO2/c1-9-13(16)4-3-5-14(9)17-10(2)12-8-11(18)6-7-15(12)19/h3-8,10,17-19H,1-2H3. The van der Waals surface area contributed by atoms with Gasteiger partial charge in [0.1, 0.15) is 11.5 Å². The molecule has 4 heteroatoms. The van der Waals surface area contributed by atoms with Crippen molar-refractivity contribution in [1.82, 2.24) is 0 Å². The molecule has 1 atom stereocenters. The molecular formula is C15H16BrNO2. The van der Waals surface area contributed by atoms with Crippen molar-refractivity contribution < 1.29 is 10.2 Å². The van der Waals surface area contributed by atoms with Gasteiger partial charge in [-0.1, -0.05) is 22.0 Å². The summed E-state index contributed by atoms with van der Waals surface area (Å²) in [5.74, 6) is 0.317. The third-order valence-corrected chi connectivity index (χ3v) is 3.98. The molecule has 3 N–H and O–H groups in total. The fraction of sp³-hybridized carbons (Fsp3) is 0.200. The zero-order valence-electron chi connectivity index (χ0n) is 10.8. The topological polar surface area (TPSA) is 52.5 Å². The predicted molar refractivity (Wildman–Crippen MR) is 80.7 cm³/mol. The molecule has 0 aliphatic carbocycles. The smallest absolute Gasteiger partial charge is 0.121 e. The Morgan fingerprint density at radius 2 is 1.89 bits per heavy atom. The third-order valence-electron chi connectivity index (χ3n) is 3.12. The summed E-state index contributed by atoms with van der Waals surface area (Å²) in [5.41, 5.74) is 2.76. The molecule has 0 fully saturated rings. The van der Waals surface area contributed by atoms with Crippen LogP contribution in [0.15, 0.2) is 40.9 Å². The molecule has 2 aromatic carbocycles. The van der Waals surface area contributed by atoms with Crippen molar-refractivity contribution in [2.75, 3.05) is 5.32 Å². The second-order valence-electron chi connectivity index (χ2n) is 4.52. The van der Waals surface area contributed by atoms with E-state index in [2.05, 4.69) is 21.2 Å². The van der Waals surface area contributed by atoms with E-state index in [9.17, 15) is 10.2 Å². The van der Waals surface area contributed by atoms with Gasteiger partial charge in [-0.3, -0.25) is 0 Å². The minimum absolute atomic E-state index is 0.111. The highest BCUT2D eigenvalue weighted by Gasteiger charge is 2.12. The number of benzene rings is 2. The summed E-state index contributed by atoms with van der Waals surface area (Å²) >= 11 is 3.49. The molecule has 0 amide bonds. The van der Waals surface area contributed by atoms with E-state index in [0.29, 0.717) is 5.56 Å². The number of hydrogen-bond acceptors (Lipinski definition) is 3. The first kappa shape index (κ1) is 13.7. The van der Waals surface area contributed by atoms with E-state index in [-0.39, 0.29) is 17.5 Å². The summed E-state index contributed by atoms with van der Waals surface area (Å²) in [6.07, 6.45) is 0. The number of nitrogens with one attached hydrogen (secondary N) is 1. The van der Waals surface area contributed by atoms with Crippen LogP contribution < -0.4 is 5.32 Å². The molecule has 100 valence electrons. The van der Waals surface area contributed by atoms with E-state index >= 15 is 0 Å². The number of halogens is 1. The first-order valence-electron chi connectivity index (χ1n) is 6.02. The van der Waals surface area contributed by atoms with Gasteiger partial charge in [0, 0.05) is 15.7 Å². The molecule has 0 saturated heterocycles. The normalized spacial score (nSPS) is 12.2. The highest BCUT2D eigenvalue weighted by molar-refractivity contribution is 9.10. The van der Waals surface area contributed by atoms with E-state index in [1.165, 1.54) is 12.1 Å². The van der Waals surface area contributed by atoms with Gasteiger partial charge in [-0.2, -0.15) is 0 Å². The van der Waals surface area contributed by atoms with Crippen LogP contribution in [0.2, 0.25) is 0 Å². The molecule has 3 nitrogen and oxygen atoms in total. The molecule has 0 aliphatic heterocycles. The molecule has 0 spiro atoms. The Labute approximate surface area is 121 Å². The van der Waals surface area contributed by atoms with Crippen molar-refractivity contribution in [3.63, 3.8) is 0 Å². The molecule has 0 aliphatic rings. The molecule has 2 rings (SSSR count). The SMILES string of the molecule is Cc1c(Br)cccc1NC(C)c1cc(O)ccc1O. The van der Waals surface area contributed by atoms with Gasteiger partial charge >= 0.3 is 0 Å². The van der Waals surface area contributed by atoms with E-state index in [4.69, 9.17) is 0 Å². The molecular weight excluding hydrogens is 306 g/mol. The lowest BCUT2D eigenvalue weighted by Crippen LogP contribution is -2.08. The Hall–Kier alpha value is -1.68. The molecule has 0 aromatic heterocycles. The van der Waals surface area contributed by atoms with E-state index < -0.39 is 0 Å². The number of phenols is 2. The first-order chi connectivity index (χ1) is 8.99. The molecule has 19 heavy (non-hydrogen) atoms. The maximum atomic E-state index is 9.85. The Morgan fingerprint density at radius 3 is 2.63 bits per heavy atom. The molecule has 0 saturated carbocycles. The van der Waals surface area contributed by atoms with Crippen LogP contribution in [0.5, 0.6) is 11.5 Å². The van der Waals surface area contributed by atoms with Gasteiger partial charge in [-0.05, 0) is 49.7 Å². The second-order valence-corrected chi connectivity index (χ2v) is 5.38. The average Bonchev–Trinajstić information content (AvgIpc) is 2.38. The predicted octanol–water partition coefficient (Wildman–Crippen LogP) is 4.34. The van der Waals surface area contributed by atoms with Gasteiger partial charge < -0.3 is 15.5 Å². The van der Waals surface area contributed by atoms with Gasteiger partial charge in [-0.15, -0.1) is 0 Å². The highest BCUT2D eigenvalue weighted by Crippen LogP contribution is 2.32. The molecule has 0 heterocycles. The monoisotopic (exact) mass is 321 g/mol. The fourth-order valence-electron chi connectivity index (χ4n) is 1.96. The van der Waals surface area contributed by atoms with Crippen LogP contribution in [-0.2, 0) is 0 Å². The molecule has 2 aromatic rings.